The fraction of sp³-hybridized carbons (Fsp3) is 0.100. The summed E-state index contributed by atoms with van der Waals surface area (Å²) in [5.41, 5.74) is 9.41. The average Bonchev–Trinajstić information content (AvgIpc) is 3.40. The Morgan fingerprint density at radius 1 is 1.28 bits per heavy atom. The molecule has 0 saturated carbocycles. The van der Waals surface area contributed by atoms with Crippen LogP contribution in [-0.4, -0.2) is 44.0 Å². The summed E-state index contributed by atoms with van der Waals surface area (Å²) in [6.07, 6.45) is 1.31. The minimum atomic E-state index is -0.657. The molecule has 4 rings (SSSR count). The standard InChI is InChI=1S/C20H17FN8O3/c1-2-31-15-8-4-6-13(10-15)17-16(24-28-29(17)19-18(22)26-32-27-19)20(30)25-23-11-12-5-3-7-14(21)9-12/h3-11H,2H2,1H3,(H2,22,26)(H,25,30)/b23-11-. The van der Waals surface area contributed by atoms with Gasteiger partial charge in [-0.05, 0) is 47.1 Å². The summed E-state index contributed by atoms with van der Waals surface area (Å²) in [5.74, 6) is -0.460. The molecule has 4 aromatic rings. The van der Waals surface area contributed by atoms with Gasteiger partial charge in [0.2, 0.25) is 11.6 Å². The van der Waals surface area contributed by atoms with E-state index in [1.807, 2.05) is 6.92 Å². The van der Waals surface area contributed by atoms with Gasteiger partial charge in [-0.2, -0.15) is 9.78 Å². The maximum Gasteiger partial charge on any atom is 0.294 e. The molecule has 2 aromatic heterocycles. The van der Waals surface area contributed by atoms with Gasteiger partial charge in [0.05, 0.1) is 12.8 Å². The van der Waals surface area contributed by atoms with Crippen molar-refractivity contribution in [3.05, 3.63) is 65.6 Å². The lowest BCUT2D eigenvalue weighted by Gasteiger charge is -2.08. The molecule has 0 saturated heterocycles. The summed E-state index contributed by atoms with van der Waals surface area (Å²) >= 11 is 0. The number of carbonyl (C=O) groups excluding carboxylic acids is 1. The van der Waals surface area contributed by atoms with Crippen LogP contribution in [-0.2, 0) is 0 Å². The Morgan fingerprint density at radius 2 is 2.12 bits per heavy atom. The summed E-state index contributed by atoms with van der Waals surface area (Å²) in [6.45, 7) is 2.32. The maximum absolute atomic E-state index is 13.3. The Hall–Kier alpha value is -4.61. The number of aromatic nitrogens is 5. The number of nitrogens with one attached hydrogen (secondary N) is 1. The van der Waals surface area contributed by atoms with Crippen molar-refractivity contribution in [3.8, 4) is 22.8 Å². The Labute approximate surface area is 180 Å². The monoisotopic (exact) mass is 436 g/mol. The smallest absolute Gasteiger partial charge is 0.294 e. The molecular formula is C20H17FN8O3. The van der Waals surface area contributed by atoms with Crippen LogP contribution in [0, 0.1) is 5.82 Å². The number of nitrogens with zero attached hydrogens (tertiary/aromatic N) is 6. The molecule has 1 amide bonds. The lowest BCUT2D eigenvalue weighted by molar-refractivity contribution is 0.0950. The Kier molecular flexibility index (Phi) is 5.83. The number of hydrogen-bond donors (Lipinski definition) is 2. The van der Waals surface area contributed by atoms with E-state index in [1.54, 1.807) is 30.3 Å². The van der Waals surface area contributed by atoms with Gasteiger partial charge in [-0.3, -0.25) is 4.79 Å². The van der Waals surface area contributed by atoms with Crippen LogP contribution in [0.15, 0.2) is 58.3 Å². The SMILES string of the molecule is CCOc1cccc(-c2c(C(=O)N/N=C\c3cccc(F)c3)nnn2-c2nonc2N)c1. The molecule has 0 radical (unpaired) electrons. The van der Waals surface area contributed by atoms with E-state index in [0.29, 0.717) is 23.5 Å². The molecule has 2 aromatic carbocycles. The van der Waals surface area contributed by atoms with Gasteiger partial charge in [0.25, 0.3) is 5.91 Å². The van der Waals surface area contributed by atoms with Crippen LogP contribution in [0.1, 0.15) is 23.0 Å². The van der Waals surface area contributed by atoms with Gasteiger partial charge in [-0.15, -0.1) is 5.10 Å². The molecule has 11 nitrogen and oxygen atoms in total. The van der Waals surface area contributed by atoms with Gasteiger partial charge in [0.1, 0.15) is 17.3 Å². The number of hydrogen-bond acceptors (Lipinski definition) is 9. The van der Waals surface area contributed by atoms with Gasteiger partial charge < -0.3 is 10.5 Å². The second-order valence-electron chi connectivity index (χ2n) is 6.39. The fourth-order valence-electron chi connectivity index (χ4n) is 2.89. The van der Waals surface area contributed by atoms with Crippen LogP contribution in [0.25, 0.3) is 17.1 Å². The highest BCUT2D eigenvalue weighted by atomic mass is 19.1. The number of rotatable bonds is 7. The third kappa shape index (κ3) is 4.28. The summed E-state index contributed by atoms with van der Waals surface area (Å²) < 4.78 is 24.7. The van der Waals surface area contributed by atoms with E-state index >= 15 is 0 Å². The van der Waals surface area contributed by atoms with Crippen molar-refractivity contribution in [2.45, 2.75) is 6.92 Å². The first-order valence-electron chi connectivity index (χ1n) is 9.43. The molecule has 0 bridgehead atoms. The number of amides is 1. The van der Waals surface area contributed by atoms with Crippen molar-refractivity contribution in [2.24, 2.45) is 5.10 Å². The minimum Gasteiger partial charge on any atom is -0.494 e. The van der Waals surface area contributed by atoms with Crippen molar-refractivity contribution >= 4 is 17.9 Å². The maximum atomic E-state index is 13.3. The summed E-state index contributed by atoms with van der Waals surface area (Å²) in [4.78, 5) is 12.8. The van der Waals surface area contributed by atoms with Crippen molar-refractivity contribution in [1.82, 2.24) is 30.7 Å². The van der Waals surface area contributed by atoms with Gasteiger partial charge in [-0.25, -0.2) is 14.4 Å². The molecule has 0 spiro atoms. The largest absolute Gasteiger partial charge is 0.494 e. The van der Waals surface area contributed by atoms with E-state index in [-0.39, 0.29) is 23.0 Å². The second-order valence-corrected chi connectivity index (χ2v) is 6.39. The van der Waals surface area contributed by atoms with Crippen molar-refractivity contribution in [2.75, 3.05) is 12.3 Å². The molecule has 0 fully saturated rings. The zero-order valence-corrected chi connectivity index (χ0v) is 16.8. The molecule has 3 N–H and O–H groups in total. The molecule has 2 heterocycles. The van der Waals surface area contributed by atoms with Gasteiger partial charge in [0, 0.05) is 5.56 Å². The zero-order valence-electron chi connectivity index (χ0n) is 16.8. The number of anilines is 1. The predicted molar refractivity (Wildman–Crippen MR) is 112 cm³/mol. The number of benzene rings is 2. The molecule has 0 aliphatic heterocycles. The zero-order chi connectivity index (χ0) is 22.5. The van der Waals surface area contributed by atoms with Crippen LogP contribution < -0.4 is 15.9 Å². The first-order chi connectivity index (χ1) is 15.6. The van der Waals surface area contributed by atoms with E-state index < -0.39 is 11.7 Å². The minimum absolute atomic E-state index is 0.0341. The topological polar surface area (TPSA) is 146 Å². The highest BCUT2D eigenvalue weighted by molar-refractivity contribution is 5.98. The van der Waals surface area contributed by atoms with Crippen LogP contribution in [0.4, 0.5) is 10.2 Å². The van der Waals surface area contributed by atoms with Crippen LogP contribution in [0.3, 0.4) is 0 Å². The average molecular weight is 436 g/mol. The predicted octanol–water partition coefficient (Wildman–Crippen LogP) is 2.20. The summed E-state index contributed by atoms with van der Waals surface area (Å²) in [6, 6.07) is 12.7. The van der Waals surface area contributed by atoms with Gasteiger partial charge >= 0.3 is 0 Å². The first kappa shape index (κ1) is 20.7. The van der Waals surface area contributed by atoms with Crippen molar-refractivity contribution in [3.63, 3.8) is 0 Å². The van der Waals surface area contributed by atoms with Gasteiger partial charge in [-0.1, -0.05) is 29.5 Å². The molecule has 0 atom stereocenters. The molecule has 0 aliphatic rings. The second kappa shape index (κ2) is 9.04. The summed E-state index contributed by atoms with van der Waals surface area (Å²) in [5, 5.41) is 19.1. The molecule has 0 aliphatic carbocycles. The molecule has 0 unspecified atom stereocenters. The van der Waals surface area contributed by atoms with E-state index in [0.717, 1.165) is 0 Å². The van der Waals surface area contributed by atoms with E-state index in [1.165, 1.54) is 29.1 Å². The van der Waals surface area contributed by atoms with Crippen LogP contribution in [0.2, 0.25) is 0 Å². The van der Waals surface area contributed by atoms with Crippen molar-refractivity contribution in [1.29, 1.82) is 0 Å². The molecule has 12 heteroatoms. The number of nitrogens with two attached hydrogens (primary N) is 1. The first-order valence-corrected chi connectivity index (χ1v) is 9.43. The highest BCUT2D eigenvalue weighted by Gasteiger charge is 2.25. The Balaban J connectivity index is 1.70. The third-order valence-electron chi connectivity index (χ3n) is 4.23. The Bertz CT molecular complexity index is 1280. The Morgan fingerprint density at radius 3 is 2.88 bits per heavy atom. The summed E-state index contributed by atoms with van der Waals surface area (Å²) in [7, 11) is 0. The van der Waals surface area contributed by atoms with E-state index in [2.05, 4.69) is 35.8 Å². The van der Waals surface area contributed by atoms with Crippen molar-refractivity contribution < 1.29 is 18.6 Å². The number of halogens is 1. The number of hydrazone groups is 1. The molecule has 162 valence electrons. The molecule has 32 heavy (non-hydrogen) atoms. The van der Waals surface area contributed by atoms with E-state index in [4.69, 9.17) is 10.5 Å². The highest BCUT2D eigenvalue weighted by Crippen LogP contribution is 2.29. The third-order valence-corrected chi connectivity index (χ3v) is 4.23. The number of ether oxygens (including phenoxy) is 1. The number of nitrogen functional groups attached to an aromatic ring is 1. The molecular weight excluding hydrogens is 419 g/mol. The van der Waals surface area contributed by atoms with Crippen LogP contribution >= 0.6 is 0 Å². The number of carbonyl (C=O) groups is 1. The lowest BCUT2D eigenvalue weighted by Crippen LogP contribution is -2.19. The van der Waals surface area contributed by atoms with Crippen LogP contribution in [0.5, 0.6) is 5.75 Å². The lowest BCUT2D eigenvalue weighted by atomic mass is 10.1. The quantitative estimate of drug-likeness (QED) is 0.331. The fourth-order valence-corrected chi connectivity index (χ4v) is 2.89. The van der Waals surface area contributed by atoms with Gasteiger partial charge in [0.15, 0.2) is 5.69 Å². The normalized spacial score (nSPS) is 11.1. The van der Waals surface area contributed by atoms with E-state index in [9.17, 15) is 9.18 Å².